The van der Waals surface area contributed by atoms with Gasteiger partial charge in [0.05, 0.1) is 6.61 Å². The van der Waals surface area contributed by atoms with Crippen molar-refractivity contribution in [1.29, 1.82) is 0 Å². The largest absolute Gasteiger partial charge is 0.383 e. The summed E-state index contributed by atoms with van der Waals surface area (Å²) in [6.07, 6.45) is 0. The van der Waals surface area contributed by atoms with Gasteiger partial charge in [-0.3, -0.25) is 0 Å². The van der Waals surface area contributed by atoms with Crippen LogP contribution in [0.5, 0.6) is 0 Å². The van der Waals surface area contributed by atoms with Gasteiger partial charge >= 0.3 is 0 Å². The minimum Gasteiger partial charge on any atom is -0.383 e. The van der Waals surface area contributed by atoms with Crippen LogP contribution in [0.3, 0.4) is 0 Å². The predicted molar refractivity (Wildman–Crippen MR) is 89.8 cm³/mol. The lowest BCUT2D eigenvalue weighted by Gasteiger charge is -2.28. The van der Waals surface area contributed by atoms with Crippen molar-refractivity contribution in [2.45, 2.75) is 46.6 Å². The first-order chi connectivity index (χ1) is 9.77. The molecule has 120 valence electrons. The third-order valence-corrected chi connectivity index (χ3v) is 3.35. The van der Waals surface area contributed by atoms with Crippen LogP contribution in [0, 0.1) is 5.92 Å². The summed E-state index contributed by atoms with van der Waals surface area (Å²) in [5.41, 5.74) is 8.10. The highest BCUT2D eigenvalue weighted by molar-refractivity contribution is 5.44. The molecule has 4 heteroatoms. The highest BCUT2D eigenvalue weighted by Crippen LogP contribution is 2.25. The number of ether oxygens (including phenoxy) is 1. The quantitative estimate of drug-likeness (QED) is 0.840. The molecule has 0 bridgehead atoms. The molecule has 1 rings (SSSR count). The molecule has 0 aliphatic rings. The maximum Gasteiger partial charge on any atom is 0.129 e. The molecule has 0 amide bonds. The SMILES string of the molecule is COCCN(CC(C)C)c1cc(CN)cc(C(C)(C)C)n1. The van der Waals surface area contributed by atoms with Crippen LogP contribution in [-0.2, 0) is 16.7 Å². The third-order valence-electron chi connectivity index (χ3n) is 3.35. The third kappa shape index (κ3) is 5.64. The fourth-order valence-corrected chi connectivity index (χ4v) is 2.18. The lowest BCUT2D eigenvalue weighted by molar-refractivity contribution is 0.204. The minimum atomic E-state index is 0.0185. The van der Waals surface area contributed by atoms with E-state index in [1.807, 2.05) is 0 Å². The molecule has 1 aromatic rings. The number of rotatable bonds is 7. The van der Waals surface area contributed by atoms with Crippen LogP contribution in [0.25, 0.3) is 0 Å². The lowest BCUT2D eigenvalue weighted by atomic mass is 9.90. The van der Waals surface area contributed by atoms with Gasteiger partial charge in [-0.15, -0.1) is 0 Å². The molecule has 0 saturated heterocycles. The zero-order chi connectivity index (χ0) is 16.0. The van der Waals surface area contributed by atoms with Gasteiger partial charge in [-0.05, 0) is 23.6 Å². The highest BCUT2D eigenvalue weighted by atomic mass is 16.5. The molecule has 0 saturated carbocycles. The van der Waals surface area contributed by atoms with Gasteiger partial charge in [0.15, 0.2) is 0 Å². The normalized spacial score (nSPS) is 12.0. The van der Waals surface area contributed by atoms with Crippen LogP contribution in [0.1, 0.15) is 45.9 Å². The molecule has 0 radical (unpaired) electrons. The Labute approximate surface area is 129 Å². The standard InChI is InChI=1S/C17H31N3O/c1-13(2)12-20(7-8-21-6)16-10-14(11-18)9-15(19-16)17(3,4)5/h9-10,13H,7-8,11-12,18H2,1-6H3. The van der Waals surface area contributed by atoms with Crippen LogP contribution in [0.2, 0.25) is 0 Å². The Bertz CT molecular complexity index is 438. The summed E-state index contributed by atoms with van der Waals surface area (Å²) in [5, 5.41) is 0. The van der Waals surface area contributed by atoms with Gasteiger partial charge < -0.3 is 15.4 Å². The topological polar surface area (TPSA) is 51.4 Å². The van der Waals surface area contributed by atoms with Crippen molar-refractivity contribution in [1.82, 2.24) is 4.98 Å². The molecule has 0 aliphatic heterocycles. The summed E-state index contributed by atoms with van der Waals surface area (Å²) in [7, 11) is 1.73. The molecule has 21 heavy (non-hydrogen) atoms. The molecule has 0 unspecified atom stereocenters. The van der Waals surface area contributed by atoms with Crippen LogP contribution in [0.4, 0.5) is 5.82 Å². The number of nitrogens with two attached hydrogens (primary N) is 1. The molecule has 0 aliphatic carbocycles. The zero-order valence-electron chi connectivity index (χ0n) is 14.4. The summed E-state index contributed by atoms with van der Waals surface area (Å²) in [6, 6.07) is 4.22. The van der Waals surface area contributed by atoms with E-state index in [0.717, 1.165) is 30.2 Å². The number of pyridine rings is 1. The van der Waals surface area contributed by atoms with Crippen molar-refractivity contribution < 1.29 is 4.74 Å². The monoisotopic (exact) mass is 293 g/mol. The van der Waals surface area contributed by atoms with E-state index in [2.05, 4.69) is 51.7 Å². The Morgan fingerprint density at radius 3 is 2.43 bits per heavy atom. The first-order valence-corrected chi connectivity index (χ1v) is 7.73. The van der Waals surface area contributed by atoms with Crippen LogP contribution in [0.15, 0.2) is 12.1 Å². The molecular weight excluding hydrogens is 262 g/mol. The molecule has 0 spiro atoms. The Morgan fingerprint density at radius 1 is 1.29 bits per heavy atom. The molecule has 4 nitrogen and oxygen atoms in total. The lowest BCUT2D eigenvalue weighted by Crippen LogP contribution is -2.32. The van der Waals surface area contributed by atoms with E-state index in [1.54, 1.807) is 7.11 Å². The van der Waals surface area contributed by atoms with Crippen molar-refractivity contribution in [3.8, 4) is 0 Å². The van der Waals surface area contributed by atoms with E-state index in [-0.39, 0.29) is 5.41 Å². The first-order valence-electron chi connectivity index (χ1n) is 7.73. The smallest absolute Gasteiger partial charge is 0.129 e. The number of hydrogen-bond acceptors (Lipinski definition) is 4. The van der Waals surface area contributed by atoms with E-state index in [0.29, 0.717) is 19.1 Å². The first kappa shape index (κ1) is 17.9. The van der Waals surface area contributed by atoms with Gasteiger partial charge in [-0.2, -0.15) is 0 Å². The molecule has 0 atom stereocenters. The molecule has 2 N–H and O–H groups in total. The van der Waals surface area contributed by atoms with Crippen LogP contribution >= 0.6 is 0 Å². The second-order valence-corrected chi connectivity index (χ2v) is 7.01. The number of methoxy groups -OCH3 is 1. The Hall–Kier alpha value is -1.13. The summed E-state index contributed by atoms with van der Waals surface area (Å²) in [4.78, 5) is 7.17. The summed E-state index contributed by atoms with van der Waals surface area (Å²) < 4.78 is 5.24. The van der Waals surface area contributed by atoms with Crippen LogP contribution < -0.4 is 10.6 Å². The number of nitrogens with zero attached hydrogens (tertiary/aromatic N) is 2. The average molecular weight is 293 g/mol. The predicted octanol–water partition coefficient (Wildman–Crippen LogP) is 2.95. The van der Waals surface area contributed by atoms with E-state index < -0.39 is 0 Å². The fourth-order valence-electron chi connectivity index (χ4n) is 2.18. The molecule has 1 aromatic heterocycles. The maximum atomic E-state index is 5.86. The minimum absolute atomic E-state index is 0.0185. The van der Waals surface area contributed by atoms with E-state index >= 15 is 0 Å². The Kier molecular flexibility index (Phi) is 6.62. The second-order valence-electron chi connectivity index (χ2n) is 7.01. The fraction of sp³-hybridized carbons (Fsp3) is 0.706. The van der Waals surface area contributed by atoms with Crippen molar-refractivity contribution >= 4 is 5.82 Å². The Balaban J connectivity index is 3.16. The number of anilines is 1. The van der Waals surface area contributed by atoms with Crippen molar-refractivity contribution in [2.24, 2.45) is 11.7 Å². The zero-order valence-corrected chi connectivity index (χ0v) is 14.4. The van der Waals surface area contributed by atoms with Gasteiger partial charge in [0, 0.05) is 37.9 Å². The Morgan fingerprint density at radius 2 is 1.95 bits per heavy atom. The van der Waals surface area contributed by atoms with Crippen molar-refractivity contribution in [3.63, 3.8) is 0 Å². The summed E-state index contributed by atoms with van der Waals surface area (Å²) in [6.45, 7) is 14.0. The van der Waals surface area contributed by atoms with E-state index in [9.17, 15) is 0 Å². The van der Waals surface area contributed by atoms with E-state index in [4.69, 9.17) is 15.5 Å². The summed E-state index contributed by atoms with van der Waals surface area (Å²) in [5.74, 6) is 1.58. The van der Waals surface area contributed by atoms with Gasteiger partial charge in [0.1, 0.15) is 5.82 Å². The average Bonchev–Trinajstić information content (AvgIpc) is 2.41. The van der Waals surface area contributed by atoms with Gasteiger partial charge in [0.25, 0.3) is 0 Å². The highest BCUT2D eigenvalue weighted by Gasteiger charge is 2.19. The number of aromatic nitrogens is 1. The van der Waals surface area contributed by atoms with E-state index in [1.165, 1.54) is 0 Å². The van der Waals surface area contributed by atoms with Gasteiger partial charge in [0.2, 0.25) is 0 Å². The van der Waals surface area contributed by atoms with Crippen LogP contribution in [-0.4, -0.2) is 31.8 Å². The molecular formula is C17H31N3O. The maximum absolute atomic E-state index is 5.86. The number of hydrogen-bond donors (Lipinski definition) is 1. The molecule has 1 heterocycles. The molecule has 0 aromatic carbocycles. The van der Waals surface area contributed by atoms with Crippen molar-refractivity contribution in [3.05, 3.63) is 23.4 Å². The van der Waals surface area contributed by atoms with Gasteiger partial charge in [-0.25, -0.2) is 4.98 Å². The summed E-state index contributed by atoms with van der Waals surface area (Å²) >= 11 is 0. The second kappa shape index (κ2) is 7.76. The molecule has 0 fully saturated rings. The van der Waals surface area contributed by atoms with Crippen molar-refractivity contribution in [2.75, 3.05) is 31.7 Å². The van der Waals surface area contributed by atoms with Gasteiger partial charge in [-0.1, -0.05) is 34.6 Å².